The third-order valence-corrected chi connectivity index (χ3v) is 6.63. The fourth-order valence-electron chi connectivity index (χ4n) is 4.27. The molecule has 1 N–H and O–H groups in total. The van der Waals surface area contributed by atoms with E-state index in [1.165, 1.54) is 19.2 Å². The van der Waals surface area contributed by atoms with Crippen LogP contribution in [0.2, 0.25) is 5.02 Å². The summed E-state index contributed by atoms with van der Waals surface area (Å²) >= 11 is 6.81. The maximum atomic E-state index is 12.9. The van der Waals surface area contributed by atoms with Crippen molar-refractivity contribution in [2.45, 2.75) is 32.5 Å². The van der Waals surface area contributed by atoms with Gasteiger partial charge < -0.3 is 9.84 Å². The van der Waals surface area contributed by atoms with Gasteiger partial charge in [0.15, 0.2) is 0 Å². The number of fused-ring (bicyclic) bond motifs is 1. The third-order valence-electron chi connectivity index (χ3n) is 6.20. The molecule has 1 heterocycles. The summed E-state index contributed by atoms with van der Waals surface area (Å²) in [6.07, 6.45) is -4.97. The lowest BCUT2D eigenvalue weighted by Crippen LogP contribution is -2.05. The van der Waals surface area contributed by atoms with Crippen LogP contribution in [-0.2, 0) is 19.6 Å². The van der Waals surface area contributed by atoms with Crippen LogP contribution in [0.1, 0.15) is 45.3 Å². The van der Waals surface area contributed by atoms with Gasteiger partial charge in [-0.2, -0.15) is 18.3 Å². The zero-order valence-corrected chi connectivity index (χ0v) is 19.9. The fourth-order valence-corrected chi connectivity index (χ4v) is 4.60. The van der Waals surface area contributed by atoms with Crippen LogP contribution in [0.5, 0.6) is 5.75 Å². The molecule has 4 nitrogen and oxygen atoms in total. The smallest absolute Gasteiger partial charge is 0.416 e. The number of rotatable bonds is 5. The molecule has 0 aliphatic carbocycles. The minimum atomic E-state index is -4.39. The van der Waals surface area contributed by atoms with Crippen LogP contribution in [0.25, 0.3) is 10.8 Å². The van der Waals surface area contributed by atoms with Crippen LogP contribution < -0.4 is 4.74 Å². The van der Waals surface area contributed by atoms with Gasteiger partial charge in [0, 0.05) is 35.7 Å². The summed E-state index contributed by atoms with van der Waals surface area (Å²) in [4.78, 5) is 0. The summed E-state index contributed by atoms with van der Waals surface area (Å²) in [6, 6.07) is 12.4. The lowest BCUT2D eigenvalue weighted by Gasteiger charge is -2.17. The third kappa shape index (κ3) is 4.38. The Balaban J connectivity index is 1.76. The van der Waals surface area contributed by atoms with E-state index in [1.807, 2.05) is 45.2 Å². The van der Waals surface area contributed by atoms with Crippen molar-refractivity contribution in [3.05, 3.63) is 92.8 Å². The summed E-state index contributed by atoms with van der Waals surface area (Å²) < 4.78 is 46.0. The second kappa shape index (κ2) is 8.96. The van der Waals surface area contributed by atoms with Crippen molar-refractivity contribution in [2.24, 2.45) is 7.05 Å². The van der Waals surface area contributed by atoms with Gasteiger partial charge in [-0.15, -0.1) is 0 Å². The molecule has 0 bridgehead atoms. The van der Waals surface area contributed by atoms with E-state index in [9.17, 15) is 18.3 Å². The highest BCUT2D eigenvalue weighted by Gasteiger charge is 2.30. The Hall–Kier alpha value is -3.03. The van der Waals surface area contributed by atoms with Crippen molar-refractivity contribution in [1.29, 1.82) is 0 Å². The standard InChI is InChI=1S/C26H24ClF3N2O2/c1-14-23(15(2)32(3)31-14)25(33)18-8-7-17-13-22(34-4)21(24(27)20(17)12-18)11-16-5-9-19(10-6-16)26(28,29)30/h5-10,12-13,25,33H,11H2,1-4H3. The first-order valence-corrected chi connectivity index (χ1v) is 11.0. The molecule has 0 aliphatic heterocycles. The Kier molecular flexibility index (Phi) is 6.36. The number of alkyl halides is 3. The summed E-state index contributed by atoms with van der Waals surface area (Å²) in [6.45, 7) is 3.76. The van der Waals surface area contributed by atoms with Crippen LogP contribution in [-0.4, -0.2) is 22.0 Å². The maximum absolute atomic E-state index is 12.9. The minimum absolute atomic E-state index is 0.295. The normalized spacial score (nSPS) is 12.9. The van der Waals surface area contributed by atoms with Gasteiger partial charge >= 0.3 is 6.18 Å². The molecule has 1 aromatic heterocycles. The minimum Gasteiger partial charge on any atom is -0.496 e. The highest BCUT2D eigenvalue weighted by molar-refractivity contribution is 6.36. The van der Waals surface area contributed by atoms with Crippen molar-refractivity contribution in [1.82, 2.24) is 9.78 Å². The van der Waals surface area contributed by atoms with Crippen LogP contribution in [0.4, 0.5) is 13.2 Å². The number of halogens is 4. The molecule has 1 unspecified atom stereocenters. The van der Waals surface area contributed by atoms with Crippen LogP contribution in [0.15, 0.2) is 48.5 Å². The molecular formula is C26H24ClF3N2O2. The predicted molar refractivity (Wildman–Crippen MR) is 127 cm³/mol. The van der Waals surface area contributed by atoms with E-state index < -0.39 is 17.8 Å². The van der Waals surface area contributed by atoms with E-state index in [0.717, 1.165) is 39.9 Å². The number of nitrogens with zero attached hydrogens (tertiary/aromatic N) is 2. The summed E-state index contributed by atoms with van der Waals surface area (Å²) in [5, 5.41) is 17.5. The molecule has 0 aliphatic rings. The number of ether oxygens (including phenoxy) is 1. The molecule has 178 valence electrons. The Morgan fingerprint density at radius 1 is 1.09 bits per heavy atom. The number of hydrogen-bond donors (Lipinski definition) is 1. The molecule has 0 saturated carbocycles. The van der Waals surface area contributed by atoms with Gasteiger partial charge in [0.05, 0.1) is 23.4 Å². The quantitative estimate of drug-likeness (QED) is 0.347. The topological polar surface area (TPSA) is 47.3 Å². The molecule has 4 aromatic rings. The summed E-state index contributed by atoms with van der Waals surface area (Å²) in [5.74, 6) is 0.546. The Labute approximate surface area is 200 Å². The zero-order chi connectivity index (χ0) is 24.8. The van der Waals surface area contributed by atoms with Gasteiger partial charge in [-0.1, -0.05) is 35.9 Å². The summed E-state index contributed by atoms with van der Waals surface area (Å²) in [7, 11) is 3.36. The molecule has 0 spiro atoms. The molecule has 1 atom stereocenters. The molecule has 8 heteroatoms. The van der Waals surface area contributed by atoms with Gasteiger partial charge in [0.2, 0.25) is 0 Å². The fraction of sp³-hybridized carbons (Fsp3) is 0.269. The SMILES string of the molecule is COc1cc2ccc(C(O)c3c(C)nn(C)c3C)cc2c(Cl)c1Cc1ccc(C(F)(F)F)cc1. The lowest BCUT2D eigenvalue weighted by molar-refractivity contribution is -0.137. The molecule has 0 amide bonds. The largest absolute Gasteiger partial charge is 0.496 e. The number of aryl methyl sites for hydroxylation is 2. The first kappa shape index (κ1) is 24.1. The molecular weight excluding hydrogens is 465 g/mol. The average molecular weight is 489 g/mol. The highest BCUT2D eigenvalue weighted by atomic mass is 35.5. The van der Waals surface area contributed by atoms with Crippen molar-refractivity contribution in [2.75, 3.05) is 7.11 Å². The van der Waals surface area contributed by atoms with E-state index in [-0.39, 0.29) is 0 Å². The highest BCUT2D eigenvalue weighted by Crippen LogP contribution is 2.39. The number of benzene rings is 3. The second-order valence-electron chi connectivity index (χ2n) is 8.33. The van der Waals surface area contributed by atoms with Gasteiger partial charge in [0.1, 0.15) is 11.9 Å². The average Bonchev–Trinajstić information content (AvgIpc) is 3.05. The Morgan fingerprint density at radius 3 is 2.32 bits per heavy atom. The van der Waals surface area contributed by atoms with Crippen LogP contribution >= 0.6 is 11.6 Å². The number of methoxy groups -OCH3 is 1. The van der Waals surface area contributed by atoms with Crippen LogP contribution in [0.3, 0.4) is 0 Å². The predicted octanol–water partition coefficient (Wildman–Crippen LogP) is 6.54. The Bertz CT molecular complexity index is 1360. The lowest BCUT2D eigenvalue weighted by atomic mass is 9.94. The monoisotopic (exact) mass is 488 g/mol. The van der Waals surface area contributed by atoms with Crippen molar-refractivity contribution in [3.63, 3.8) is 0 Å². The van der Waals surface area contributed by atoms with Gasteiger partial charge in [-0.05, 0) is 54.6 Å². The number of aliphatic hydroxyl groups excluding tert-OH is 1. The van der Waals surface area contributed by atoms with E-state index in [2.05, 4.69) is 5.10 Å². The van der Waals surface area contributed by atoms with Crippen molar-refractivity contribution in [3.8, 4) is 5.75 Å². The zero-order valence-electron chi connectivity index (χ0n) is 19.2. The Morgan fingerprint density at radius 2 is 1.76 bits per heavy atom. The van der Waals surface area contributed by atoms with E-state index in [1.54, 1.807) is 4.68 Å². The number of aliphatic hydroxyl groups is 1. The summed E-state index contributed by atoms with van der Waals surface area (Å²) in [5.41, 5.74) is 3.66. The van der Waals surface area contributed by atoms with Crippen LogP contribution in [0, 0.1) is 13.8 Å². The van der Waals surface area contributed by atoms with Gasteiger partial charge in [-0.3, -0.25) is 4.68 Å². The second-order valence-corrected chi connectivity index (χ2v) is 8.71. The molecule has 34 heavy (non-hydrogen) atoms. The van der Waals surface area contributed by atoms with Gasteiger partial charge in [-0.25, -0.2) is 0 Å². The van der Waals surface area contributed by atoms with Gasteiger partial charge in [0.25, 0.3) is 0 Å². The molecule has 3 aromatic carbocycles. The maximum Gasteiger partial charge on any atom is 0.416 e. The van der Waals surface area contributed by atoms with E-state index in [0.29, 0.717) is 33.9 Å². The molecule has 4 rings (SSSR count). The first-order valence-electron chi connectivity index (χ1n) is 10.6. The van der Waals surface area contributed by atoms with Crippen molar-refractivity contribution >= 4 is 22.4 Å². The van der Waals surface area contributed by atoms with Crippen molar-refractivity contribution < 1.29 is 23.0 Å². The first-order chi connectivity index (χ1) is 16.0. The number of hydrogen-bond acceptors (Lipinski definition) is 3. The van der Waals surface area contributed by atoms with E-state index in [4.69, 9.17) is 16.3 Å². The molecule has 0 fully saturated rings. The molecule has 0 radical (unpaired) electrons. The van der Waals surface area contributed by atoms with E-state index >= 15 is 0 Å². The molecule has 0 saturated heterocycles. The number of aromatic nitrogens is 2.